The lowest BCUT2D eigenvalue weighted by molar-refractivity contribution is -0.177. The number of unbranched alkanes of at least 4 members (excludes halogenated alkanes) is 24. The number of rotatable bonds is 33. The molecule has 1 rings (SSSR count). The first-order valence-electron chi connectivity index (χ1n) is 19.4. The molecular weight excluding hydrogens is 548 g/mol. The van der Waals surface area contributed by atoms with Crippen LogP contribution in [0.3, 0.4) is 0 Å². The highest BCUT2D eigenvalue weighted by Crippen LogP contribution is 2.35. The fraction of sp³-hybridized carbons (Fsp3) is 0.900. The van der Waals surface area contributed by atoms with Gasteiger partial charge in [0.25, 0.3) is 0 Å². The normalized spacial score (nSPS) is 19.0. The van der Waals surface area contributed by atoms with Crippen molar-refractivity contribution in [1.29, 1.82) is 0 Å². The molecule has 1 heterocycles. The SMILES string of the molecule is CCCCC/C=C\C/C=C\CCCCCCCCC1(CCCCCCCCCCCCCCCCCC)OC[C@H](CCl)O1. The largest absolute Gasteiger partial charge is 0.347 e. The highest BCUT2D eigenvalue weighted by atomic mass is 35.5. The summed E-state index contributed by atoms with van der Waals surface area (Å²) < 4.78 is 12.7. The molecule has 1 aliphatic heterocycles. The zero-order valence-corrected chi connectivity index (χ0v) is 30.0. The third kappa shape index (κ3) is 25.6. The molecular formula is C40H75ClO2. The Bertz CT molecular complexity index is 618. The van der Waals surface area contributed by atoms with Crippen molar-refractivity contribution in [3.05, 3.63) is 24.3 Å². The average molecular weight is 623 g/mol. The summed E-state index contributed by atoms with van der Waals surface area (Å²) in [4.78, 5) is 0. The summed E-state index contributed by atoms with van der Waals surface area (Å²) in [7, 11) is 0. The van der Waals surface area contributed by atoms with Crippen LogP contribution in [-0.4, -0.2) is 24.4 Å². The van der Waals surface area contributed by atoms with E-state index < -0.39 is 0 Å². The van der Waals surface area contributed by atoms with Crippen molar-refractivity contribution in [2.24, 2.45) is 0 Å². The summed E-state index contributed by atoms with van der Waals surface area (Å²) >= 11 is 6.13. The van der Waals surface area contributed by atoms with Gasteiger partial charge in [-0.1, -0.05) is 173 Å². The van der Waals surface area contributed by atoms with Crippen molar-refractivity contribution in [3.63, 3.8) is 0 Å². The number of alkyl halides is 1. The molecule has 0 amide bonds. The second kappa shape index (κ2) is 31.7. The Hall–Kier alpha value is -0.310. The van der Waals surface area contributed by atoms with Gasteiger partial charge in [-0.2, -0.15) is 0 Å². The van der Waals surface area contributed by atoms with E-state index in [0.29, 0.717) is 12.5 Å². The summed E-state index contributed by atoms with van der Waals surface area (Å²) in [6.45, 7) is 5.24. The molecule has 1 saturated heterocycles. The number of ether oxygens (including phenoxy) is 2. The third-order valence-electron chi connectivity index (χ3n) is 9.26. The molecule has 0 aromatic rings. The zero-order chi connectivity index (χ0) is 30.9. The van der Waals surface area contributed by atoms with Crippen LogP contribution in [0.15, 0.2) is 24.3 Å². The van der Waals surface area contributed by atoms with E-state index >= 15 is 0 Å². The van der Waals surface area contributed by atoms with Crippen LogP contribution in [0.25, 0.3) is 0 Å². The quantitative estimate of drug-likeness (QED) is 0.0411. The first kappa shape index (κ1) is 40.7. The zero-order valence-electron chi connectivity index (χ0n) is 29.2. The number of hydrogen-bond acceptors (Lipinski definition) is 2. The van der Waals surface area contributed by atoms with E-state index in [1.165, 1.54) is 173 Å². The minimum atomic E-state index is -0.356. The topological polar surface area (TPSA) is 18.5 Å². The smallest absolute Gasteiger partial charge is 0.168 e. The number of allylic oxidation sites excluding steroid dienone is 4. The molecule has 2 nitrogen and oxygen atoms in total. The fourth-order valence-corrected chi connectivity index (χ4v) is 6.56. The molecule has 0 spiro atoms. The molecule has 2 atom stereocenters. The van der Waals surface area contributed by atoms with E-state index in [0.717, 1.165) is 19.3 Å². The van der Waals surface area contributed by atoms with E-state index in [1.807, 2.05) is 0 Å². The molecule has 254 valence electrons. The van der Waals surface area contributed by atoms with Gasteiger partial charge in [-0.3, -0.25) is 0 Å². The van der Waals surface area contributed by atoms with Crippen LogP contribution in [0.4, 0.5) is 0 Å². The molecule has 1 unspecified atom stereocenters. The maximum atomic E-state index is 6.38. The second-order valence-electron chi connectivity index (χ2n) is 13.5. The van der Waals surface area contributed by atoms with Crippen molar-refractivity contribution in [3.8, 4) is 0 Å². The molecule has 1 aliphatic rings. The van der Waals surface area contributed by atoms with Gasteiger partial charge in [0.2, 0.25) is 0 Å². The van der Waals surface area contributed by atoms with Crippen LogP contribution in [0.5, 0.6) is 0 Å². The molecule has 0 saturated carbocycles. The number of halogens is 1. The fourth-order valence-electron chi connectivity index (χ4n) is 6.40. The first-order chi connectivity index (χ1) is 21.3. The maximum Gasteiger partial charge on any atom is 0.168 e. The van der Waals surface area contributed by atoms with E-state index in [-0.39, 0.29) is 11.9 Å². The molecule has 0 radical (unpaired) electrons. The highest BCUT2D eigenvalue weighted by Gasteiger charge is 2.40. The lowest BCUT2D eigenvalue weighted by atomic mass is 9.98. The monoisotopic (exact) mass is 623 g/mol. The van der Waals surface area contributed by atoms with Crippen molar-refractivity contribution < 1.29 is 9.47 Å². The Balaban J connectivity index is 1.99. The Morgan fingerprint density at radius 3 is 1.30 bits per heavy atom. The van der Waals surface area contributed by atoms with Crippen molar-refractivity contribution in [1.82, 2.24) is 0 Å². The van der Waals surface area contributed by atoms with Gasteiger partial charge in [0.1, 0.15) is 0 Å². The Labute approximate surface area is 275 Å². The van der Waals surface area contributed by atoms with E-state index in [4.69, 9.17) is 21.1 Å². The second-order valence-corrected chi connectivity index (χ2v) is 13.8. The van der Waals surface area contributed by atoms with Crippen LogP contribution < -0.4 is 0 Å². The van der Waals surface area contributed by atoms with E-state index in [1.54, 1.807) is 0 Å². The first-order valence-corrected chi connectivity index (χ1v) is 20.0. The molecule has 0 aliphatic carbocycles. The molecule has 0 bridgehead atoms. The van der Waals surface area contributed by atoms with Crippen LogP contribution >= 0.6 is 11.6 Å². The van der Waals surface area contributed by atoms with Gasteiger partial charge in [-0.05, 0) is 44.9 Å². The highest BCUT2D eigenvalue weighted by molar-refractivity contribution is 6.18. The van der Waals surface area contributed by atoms with Crippen LogP contribution in [0.2, 0.25) is 0 Å². The lowest BCUT2D eigenvalue weighted by Gasteiger charge is -2.28. The molecule has 0 aromatic carbocycles. The van der Waals surface area contributed by atoms with Gasteiger partial charge < -0.3 is 9.47 Å². The molecule has 0 aromatic heterocycles. The average Bonchev–Trinajstić information content (AvgIpc) is 3.44. The maximum absolute atomic E-state index is 6.38. The number of hydrogen-bond donors (Lipinski definition) is 0. The van der Waals surface area contributed by atoms with Gasteiger partial charge in [0.15, 0.2) is 5.79 Å². The molecule has 43 heavy (non-hydrogen) atoms. The minimum absolute atomic E-state index is 0.0762. The van der Waals surface area contributed by atoms with Crippen molar-refractivity contribution in [2.45, 2.75) is 218 Å². The van der Waals surface area contributed by atoms with E-state index in [2.05, 4.69) is 38.2 Å². The predicted molar refractivity (Wildman–Crippen MR) is 192 cm³/mol. The Morgan fingerprint density at radius 2 is 0.884 bits per heavy atom. The summed E-state index contributed by atoms with van der Waals surface area (Å²) in [5.41, 5.74) is 0. The lowest BCUT2D eigenvalue weighted by Crippen LogP contribution is -2.31. The van der Waals surface area contributed by atoms with Crippen LogP contribution in [0.1, 0.15) is 206 Å². The summed E-state index contributed by atoms with van der Waals surface area (Å²) in [6.07, 6.45) is 49.5. The van der Waals surface area contributed by atoms with Crippen LogP contribution in [-0.2, 0) is 9.47 Å². The van der Waals surface area contributed by atoms with E-state index in [9.17, 15) is 0 Å². The van der Waals surface area contributed by atoms with Gasteiger partial charge >= 0.3 is 0 Å². The molecule has 3 heteroatoms. The Morgan fingerprint density at radius 1 is 0.512 bits per heavy atom. The predicted octanol–water partition coefficient (Wildman–Crippen LogP) is 14.2. The van der Waals surface area contributed by atoms with Gasteiger partial charge in [-0.25, -0.2) is 0 Å². The summed E-state index contributed by atoms with van der Waals surface area (Å²) in [5, 5.41) is 0. The minimum Gasteiger partial charge on any atom is -0.347 e. The third-order valence-corrected chi connectivity index (χ3v) is 9.60. The van der Waals surface area contributed by atoms with Crippen LogP contribution in [0, 0.1) is 0 Å². The van der Waals surface area contributed by atoms with Gasteiger partial charge in [0.05, 0.1) is 18.6 Å². The van der Waals surface area contributed by atoms with Crippen molar-refractivity contribution >= 4 is 11.6 Å². The van der Waals surface area contributed by atoms with Gasteiger partial charge in [-0.15, -0.1) is 11.6 Å². The van der Waals surface area contributed by atoms with Crippen molar-refractivity contribution in [2.75, 3.05) is 12.5 Å². The summed E-state index contributed by atoms with van der Waals surface area (Å²) in [5.74, 6) is 0.190. The molecule has 1 fully saturated rings. The summed E-state index contributed by atoms with van der Waals surface area (Å²) in [6, 6.07) is 0. The van der Waals surface area contributed by atoms with Gasteiger partial charge in [0, 0.05) is 12.8 Å². The Kier molecular flexibility index (Phi) is 30.0. The molecule has 0 N–H and O–H groups in total. The standard InChI is InChI=1S/C40H75ClO2/c1-3-5-7-9-11-13-15-17-19-21-23-25-27-29-31-33-35-40(42-38-39(37-41)43-40)36-34-32-30-28-26-24-22-20-18-16-14-12-10-8-6-4-2/h11,13,17,19,39H,3-10,12,14-16,18,20-38H2,1-2H3/b13-11-,19-17-/t39-,40?/m0/s1.